The van der Waals surface area contributed by atoms with Gasteiger partial charge in [0.05, 0.1) is 29.5 Å². The molecule has 0 radical (unpaired) electrons. The molecule has 1 aliphatic rings. The predicted molar refractivity (Wildman–Crippen MR) is 84.0 cm³/mol. The molecule has 2 rings (SSSR count). The van der Waals surface area contributed by atoms with Crippen LogP contribution in [0.1, 0.15) is 27.2 Å². The van der Waals surface area contributed by atoms with Gasteiger partial charge in [-0.2, -0.15) is 5.26 Å². The van der Waals surface area contributed by atoms with Gasteiger partial charge in [0, 0.05) is 11.4 Å². The van der Waals surface area contributed by atoms with Gasteiger partial charge in [0.15, 0.2) is 0 Å². The van der Waals surface area contributed by atoms with Crippen LogP contribution in [0, 0.1) is 17.2 Å². The van der Waals surface area contributed by atoms with E-state index in [1.165, 1.54) is 5.69 Å². The summed E-state index contributed by atoms with van der Waals surface area (Å²) in [5.74, 6) is 1.50. The van der Waals surface area contributed by atoms with Crippen LogP contribution in [0.3, 0.4) is 0 Å². The molecule has 106 valence electrons. The molecule has 0 atom stereocenters. The molecule has 0 amide bonds. The molecule has 0 unspecified atom stereocenters. The van der Waals surface area contributed by atoms with Crippen LogP contribution >= 0.6 is 11.8 Å². The van der Waals surface area contributed by atoms with Gasteiger partial charge in [0.2, 0.25) is 0 Å². The van der Waals surface area contributed by atoms with Crippen LogP contribution in [0.15, 0.2) is 33.7 Å². The molecule has 0 spiro atoms. The summed E-state index contributed by atoms with van der Waals surface area (Å²) in [4.78, 5) is 3.43. The molecule has 0 aromatic heterocycles. The van der Waals surface area contributed by atoms with Crippen molar-refractivity contribution in [2.24, 2.45) is 5.92 Å². The fourth-order valence-corrected chi connectivity index (χ4v) is 3.30. The van der Waals surface area contributed by atoms with Gasteiger partial charge in [-0.3, -0.25) is 0 Å². The van der Waals surface area contributed by atoms with Crippen molar-refractivity contribution < 1.29 is 4.74 Å². The van der Waals surface area contributed by atoms with Crippen LogP contribution in [0.5, 0.6) is 5.75 Å². The number of ether oxygens (including phenoxy) is 1. The first-order chi connectivity index (χ1) is 9.56. The molecule has 0 N–H and O–H groups in total. The number of methoxy groups -OCH3 is 1. The molecule has 1 heterocycles. The van der Waals surface area contributed by atoms with Gasteiger partial charge in [-0.1, -0.05) is 25.6 Å². The zero-order chi connectivity index (χ0) is 14.7. The maximum absolute atomic E-state index is 9.20. The summed E-state index contributed by atoms with van der Waals surface area (Å²) in [7, 11) is 1.68. The van der Waals surface area contributed by atoms with Crippen LogP contribution in [-0.2, 0) is 0 Å². The maximum atomic E-state index is 9.20. The van der Waals surface area contributed by atoms with Crippen LogP contribution < -0.4 is 9.64 Å². The van der Waals surface area contributed by atoms with E-state index in [1.54, 1.807) is 18.9 Å². The lowest BCUT2D eigenvalue weighted by atomic mass is 10.1. The molecule has 3 nitrogen and oxygen atoms in total. The van der Waals surface area contributed by atoms with Crippen molar-refractivity contribution in [3.05, 3.63) is 28.8 Å². The third kappa shape index (κ3) is 2.94. The monoisotopic (exact) mass is 288 g/mol. The highest BCUT2D eigenvalue weighted by molar-refractivity contribution is 8.03. The molecule has 0 saturated carbocycles. The van der Waals surface area contributed by atoms with Crippen molar-refractivity contribution in [1.29, 1.82) is 5.26 Å². The molecule has 0 fully saturated rings. The normalized spacial score (nSPS) is 16.1. The van der Waals surface area contributed by atoms with E-state index in [0.717, 1.165) is 34.2 Å². The summed E-state index contributed by atoms with van der Waals surface area (Å²) in [5.41, 5.74) is 1.95. The number of allylic oxidation sites excluding steroid dienone is 1. The average molecular weight is 288 g/mol. The van der Waals surface area contributed by atoms with E-state index in [4.69, 9.17) is 4.74 Å². The second-order valence-electron chi connectivity index (χ2n) is 5.31. The van der Waals surface area contributed by atoms with Gasteiger partial charge in [0.1, 0.15) is 5.75 Å². The van der Waals surface area contributed by atoms with E-state index in [9.17, 15) is 5.26 Å². The minimum absolute atomic E-state index is 0.644. The molecule has 1 aliphatic heterocycles. The van der Waals surface area contributed by atoms with Crippen LogP contribution in [0.4, 0.5) is 5.69 Å². The van der Waals surface area contributed by atoms with Crippen molar-refractivity contribution in [3.63, 3.8) is 0 Å². The Morgan fingerprint density at radius 3 is 2.80 bits per heavy atom. The van der Waals surface area contributed by atoms with E-state index < -0.39 is 0 Å². The van der Waals surface area contributed by atoms with E-state index in [0.29, 0.717) is 5.92 Å². The third-order valence-corrected chi connectivity index (χ3v) is 4.59. The molecule has 0 bridgehead atoms. The van der Waals surface area contributed by atoms with E-state index in [-0.39, 0.29) is 0 Å². The van der Waals surface area contributed by atoms with E-state index in [2.05, 4.69) is 30.9 Å². The Balaban J connectivity index is 2.37. The Morgan fingerprint density at radius 2 is 2.20 bits per heavy atom. The Hall–Kier alpha value is -1.60. The van der Waals surface area contributed by atoms with Crippen molar-refractivity contribution in [2.75, 3.05) is 18.6 Å². The predicted octanol–water partition coefficient (Wildman–Crippen LogP) is 4.41. The zero-order valence-corrected chi connectivity index (χ0v) is 13.3. The topological polar surface area (TPSA) is 36.3 Å². The number of benzene rings is 1. The second-order valence-corrected chi connectivity index (χ2v) is 6.34. The highest BCUT2D eigenvalue weighted by Crippen LogP contribution is 2.48. The lowest BCUT2D eigenvalue weighted by Gasteiger charge is -2.22. The van der Waals surface area contributed by atoms with Crippen molar-refractivity contribution in [1.82, 2.24) is 0 Å². The fourth-order valence-electron chi connectivity index (χ4n) is 2.13. The minimum Gasteiger partial charge on any atom is -0.497 e. The fraction of sp³-hybridized carbons (Fsp3) is 0.438. The number of hydrogen-bond donors (Lipinski definition) is 0. The van der Waals surface area contributed by atoms with Crippen LogP contribution in [-0.4, -0.2) is 13.7 Å². The molecule has 1 aromatic rings. The summed E-state index contributed by atoms with van der Waals surface area (Å²) in [5, 5.41) is 10.2. The maximum Gasteiger partial charge on any atom is 0.120 e. The number of fused-ring (bicyclic) bond motifs is 1. The van der Waals surface area contributed by atoms with Gasteiger partial charge in [-0.15, -0.1) is 0 Å². The summed E-state index contributed by atoms with van der Waals surface area (Å²) in [6.45, 7) is 7.27. The minimum atomic E-state index is 0.644. The Morgan fingerprint density at radius 1 is 1.45 bits per heavy atom. The first-order valence-electron chi connectivity index (χ1n) is 6.81. The number of thioether (sulfide) groups is 1. The molecule has 4 heteroatoms. The lowest BCUT2D eigenvalue weighted by Crippen LogP contribution is -2.21. The van der Waals surface area contributed by atoms with Crippen molar-refractivity contribution in [2.45, 2.75) is 32.1 Å². The Labute approximate surface area is 125 Å². The number of nitrogens with zero attached hydrogens (tertiary/aromatic N) is 2. The van der Waals surface area contributed by atoms with Gasteiger partial charge in [-0.05, 0) is 37.5 Å². The Bertz CT molecular complexity index is 572. The average Bonchev–Trinajstić information content (AvgIpc) is 2.81. The van der Waals surface area contributed by atoms with Gasteiger partial charge in [0.25, 0.3) is 0 Å². The number of anilines is 1. The second kappa shape index (κ2) is 6.23. The standard InChI is InChI=1S/C16H20N2OS/c1-11(2)7-8-18-14-6-5-13(19-4)9-15(14)20-16(18)12(3)10-17/h5-6,9,11H,7-8H2,1-4H3/b16-12+. The largest absolute Gasteiger partial charge is 0.497 e. The lowest BCUT2D eigenvalue weighted by molar-refractivity contribution is 0.414. The highest BCUT2D eigenvalue weighted by atomic mass is 32.2. The number of rotatable bonds is 4. The molecule has 20 heavy (non-hydrogen) atoms. The zero-order valence-electron chi connectivity index (χ0n) is 12.4. The first-order valence-corrected chi connectivity index (χ1v) is 7.63. The summed E-state index contributed by atoms with van der Waals surface area (Å²) >= 11 is 1.66. The summed E-state index contributed by atoms with van der Waals surface area (Å²) in [6.07, 6.45) is 1.11. The van der Waals surface area contributed by atoms with E-state index >= 15 is 0 Å². The third-order valence-electron chi connectivity index (χ3n) is 3.33. The van der Waals surface area contributed by atoms with Crippen LogP contribution in [0.25, 0.3) is 0 Å². The van der Waals surface area contributed by atoms with E-state index in [1.807, 2.05) is 19.1 Å². The van der Waals surface area contributed by atoms with Gasteiger partial charge >= 0.3 is 0 Å². The number of hydrogen-bond acceptors (Lipinski definition) is 4. The smallest absolute Gasteiger partial charge is 0.120 e. The van der Waals surface area contributed by atoms with Crippen LogP contribution in [0.2, 0.25) is 0 Å². The quantitative estimate of drug-likeness (QED) is 0.769. The Kier molecular flexibility index (Phi) is 4.61. The first kappa shape index (κ1) is 14.8. The summed E-state index contributed by atoms with van der Waals surface area (Å²) < 4.78 is 5.28. The molecule has 0 saturated heterocycles. The van der Waals surface area contributed by atoms with Gasteiger partial charge < -0.3 is 9.64 Å². The SMILES string of the molecule is COc1ccc2c(c1)S/C(=C(\C)C#N)N2CCC(C)C. The highest BCUT2D eigenvalue weighted by Gasteiger charge is 2.27. The van der Waals surface area contributed by atoms with Crippen molar-refractivity contribution >= 4 is 17.4 Å². The number of nitriles is 1. The summed E-state index contributed by atoms with van der Waals surface area (Å²) in [6, 6.07) is 8.38. The molecular weight excluding hydrogens is 268 g/mol. The van der Waals surface area contributed by atoms with Crippen molar-refractivity contribution in [3.8, 4) is 11.8 Å². The molecule has 0 aliphatic carbocycles. The van der Waals surface area contributed by atoms with Gasteiger partial charge in [-0.25, -0.2) is 0 Å². The molecule has 1 aromatic carbocycles. The molecular formula is C16H20N2OS.